The molecule has 0 aromatic rings. The Kier molecular flexibility index (Phi) is 9.27. The first kappa shape index (κ1) is 18.6. The highest BCUT2D eigenvalue weighted by Gasteiger charge is 2.29. The molecule has 0 spiro atoms. The molecule has 2 unspecified atom stereocenters. The van der Waals surface area contributed by atoms with Crippen molar-refractivity contribution in [2.24, 2.45) is 0 Å². The Hall–Kier alpha value is -0.420. The van der Waals surface area contributed by atoms with E-state index >= 15 is 0 Å². The highest BCUT2D eigenvalue weighted by atomic mass is 31.2. The van der Waals surface area contributed by atoms with E-state index in [4.69, 9.17) is 13.8 Å². The predicted molar refractivity (Wildman–Crippen MR) is 73.9 cm³/mol. The summed E-state index contributed by atoms with van der Waals surface area (Å²) >= 11 is 0. The lowest BCUT2D eigenvalue weighted by molar-refractivity contribution is -0.151. The zero-order valence-electron chi connectivity index (χ0n) is 12.5. The summed E-state index contributed by atoms with van der Waals surface area (Å²) in [5.74, 6) is -0.453. The van der Waals surface area contributed by atoms with Gasteiger partial charge in [-0.15, -0.1) is 0 Å². The zero-order valence-corrected chi connectivity index (χ0v) is 13.4. The van der Waals surface area contributed by atoms with Crippen LogP contribution in [0.5, 0.6) is 0 Å². The van der Waals surface area contributed by atoms with E-state index in [0.29, 0.717) is 13.0 Å². The predicted octanol–water partition coefficient (Wildman–Crippen LogP) is 2.88. The molecule has 19 heavy (non-hydrogen) atoms. The van der Waals surface area contributed by atoms with E-state index in [2.05, 4.69) is 5.09 Å². The third-order valence-corrected chi connectivity index (χ3v) is 4.31. The SMILES string of the molecule is CCCOP(=O)(NC(C)C(=O)OC(CC)CC)OC. The fraction of sp³-hybridized carbons (Fsp3) is 0.917. The quantitative estimate of drug-likeness (QED) is 0.493. The van der Waals surface area contributed by atoms with E-state index in [1.807, 2.05) is 20.8 Å². The van der Waals surface area contributed by atoms with Gasteiger partial charge in [-0.1, -0.05) is 20.8 Å². The number of ether oxygens (including phenoxy) is 1. The van der Waals surface area contributed by atoms with Gasteiger partial charge >= 0.3 is 13.7 Å². The maximum atomic E-state index is 12.1. The van der Waals surface area contributed by atoms with Gasteiger partial charge in [-0.25, -0.2) is 9.65 Å². The van der Waals surface area contributed by atoms with Crippen molar-refractivity contribution >= 4 is 13.7 Å². The standard InChI is InChI=1S/C12H26NO5P/c1-6-9-17-19(15,16-5)13-10(4)12(14)18-11(7-2)8-3/h10-11H,6-9H2,1-5H3,(H,13,15). The molecule has 1 N–H and O–H groups in total. The van der Waals surface area contributed by atoms with E-state index in [-0.39, 0.29) is 6.10 Å². The molecule has 0 bridgehead atoms. The Bertz CT molecular complexity index is 306. The van der Waals surface area contributed by atoms with Gasteiger partial charge in [0.25, 0.3) is 0 Å². The minimum atomic E-state index is -3.44. The molecule has 0 aromatic heterocycles. The van der Waals surface area contributed by atoms with Crippen molar-refractivity contribution in [3.63, 3.8) is 0 Å². The Morgan fingerprint density at radius 1 is 1.26 bits per heavy atom. The summed E-state index contributed by atoms with van der Waals surface area (Å²) in [5, 5.41) is 2.57. The molecule has 0 rings (SSSR count). The Morgan fingerprint density at radius 3 is 2.26 bits per heavy atom. The number of hydrogen-bond acceptors (Lipinski definition) is 5. The molecule has 0 heterocycles. The second kappa shape index (κ2) is 9.48. The van der Waals surface area contributed by atoms with Crippen molar-refractivity contribution in [3.8, 4) is 0 Å². The second-order valence-corrected chi connectivity index (χ2v) is 6.12. The van der Waals surface area contributed by atoms with Gasteiger partial charge in [0, 0.05) is 7.11 Å². The van der Waals surface area contributed by atoms with Gasteiger partial charge in [-0.3, -0.25) is 9.32 Å². The Balaban J connectivity index is 4.43. The summed E-state index contributed by atoms with van der Waals surface area (Å²) < 4.78 is 27.3. The monoisotopic (exact) mass is 295 g/mol. The van der Waals surface area contributed by atoms with Crippen molar-refractivity contribution in [1.29, 1.82) is 0 Å². The van der Waals surface area contributed by atoms with E-state index in [9.17, 15) is 9.36 Å². The van der Waals surface area contributed by atoms with Crippen LogP contribution >= 0.6 is 7.75 Å². The molecule has 0 radical (unpaired) electrons. The van der Waals surface area contributed by atoms with Gasteiger partial charge < -0.3 is 9.26 Å². The van der Waals surface area contributed by atoms with Crippen molar-refractivity contribution in [1.82, 2.24) is 5.09 Å². The highest BCUT2D eigenvalue weighted by molar-refractivity contribution is 7.51. The van der Waals surface area contributed by atoms with Crippen LogP contribution < -0.4 is 5.09 Å². The van der Waals surface area contributed by atoms with E-state index in [0.717, 1.165) is 12.8 Å². The number of nitrogens with one attached hydrogen (secondary N) is 1. The van der Waals surface area contributed by atoms with Gasteiger partial charge in [0.1, 0.15) is 12.1 Å². The van der Waals surface area contributed by atoms with Gasteiger partial charge in [0.15, 0.2) is 0 Å². The van der Waals surface area contributed by atoms with Crippen molar-refractivity contribution in [3.05, 3.63) is 0 Å². The number of esters is 1. The minimum Gasteiger partial charge on any atom is -0.461 e. The minimum absolute atomic E-state index is 0.116. The molecule has 2 atom stereocenters. The van der Waals surface area contributed by atoms with Crippen molar-refractivity contribution < 1.29 is 23.1 Å². The Morgan fingerprint density at radius 2 is 1.84 bits per heavy atom. The number of rotatable bonds is 10. The molecule has 0 saturated heterocycles. The first-order valence-electron chi connectivity index (χ1n) is 6.70. The highest BCUT2D eigenvalue weighted by Crippen LogP contribution is 2.43. The van der Waals surface area contributed by atoms with Gasteiger partial charge in [0.05, 0.1) is 6.61 Å². The van der Waals surface area contributed by atoms with Crippen molar-refractivity contribution in [2.75, 3.05) is 13.7 Å². The first-order chi connectivity index (χ1) is 8.92. The van der Waals surface area contributed by atoms with Crippen LogP contribution in [0.4, 0.5) is 0 Å². The molecule has 0 saturated carbocycles. The lowest BCUT2D eigenvalue weighted by Gasteiger charge is -2.22. The largest absolute Gasteiger partial charge is 0.461 e. The fourth-order valence-corrected chi connectivity index (χ4v) is 2.65. The zero-order chi connectivity index (χ0) is 14.9. The van der Waals surface area contributed by atoms with E-state index in [1.54, 1.807) is 6.92 Å². The van der Waals surface area contributed by atoms with Gasteiger partial charge in [0.2, 0.25) is 0 Å². The number of carbonyl (C=O) groups excluding carboxylic acids is 1. The van der Waals surface area contributed by atoms with Gasteiger partial charge in [-0.2, -0.15) is 0 Å². The topological polar surface area (TPSA) is 73.9 Å². The molecule has 0 aromatic carbocycles. The molecule has 0 aliphatic rings. The van der Waals surface area contributed by atoms with Gasteiger partial charge in [-0.05, 0) is 26.2 Å². The van der Waals surface area contributed by atoms with Crippen molar-refractivity contribution in [2.45, 2.75) is 59.1 Å². The van der Waals surface area contributed by atoms with Crippen LogP contribution in [-0.2, 0) is 23.1 Å². The molecule has 0 amide bonds. The summed E-state index contributed by atoms with van der Waals surface area (Å²) in [6.45, 7) is 7.66. The van der Waals surface area contributed by atoms with Crippen LogP contribution in [0.15, 0.2) is 0 Å². The van der Waals surface area contributed by atoms with Crippen LogP contribution in [0.1, 0.15) is 47.0 Å². The van der Waals surface area contributed by atoms with E-state index in [1.165, 1.54) is 7.11 Å². The molecule has 6 nitrogen and oxygen atoms in total. The molecular weight excluding hydrogens is 269 g/mol. The van der Waals surface area contributed by atoms with Crippen LogP contribution in [0, 0.1) is 0 Å². The smallest absolute Gasteiger partial charge is 0.405 e. The fourth-order valence-electron chi connectivity index (χ4n) is 1.37. The normalized spacial score (nSPS) is 16.1. The molecule has 0 fully saturated rings. The maximum Gasteiger partial charge on any atom is 0.405 e. The maximum absolute atomic E-state index is 12.1. The summed E-state index contributed by atoms with van der Waals surface area (Å²) in [7, 11) is -2.16. The second-order valence-electron chi connectivity index (χ2n) is 4.24. The Labute approximate surface area is 115 Å². The average molecular weight is 295 g/mol. The van der Waals surface area contributed by atoms with Crippen LogP contribution in [0.3, 0.4) is 0 Å². The lowest BCUT2D eigenvalue weighted by atomic mass is 10.2. The van der Waals surface area contributed by atoms with Crippen LogP contribution in [-0.4, -0.2) is 31.8 Å². The summed E-state index contributed by atoms with van der Waals surface area (Å²) in [5.41, 5.74) is 0. The van der Waals surface area contributed by atoms with Crippen LogP contribution in [0.2, 0.25) is 0 Å². The third-order valence-electron chi connectivity index (χ3n) is 2.60. The molecule has 0 aliphatic carbocycles. The number of carbonyl (C=O) groups is 1. The first-order valence-corrected chi connectivity index (χ1v) is 8.25. The molecule has 114 valence electrons. The van der Waals surface area contributed by atoms with E-state index < -0.39 is 19.8 Å². The molecule has 0 aliphatic heterocycles. The lowest BCUT2D eigenvalue weighted by Crippen LogP contribution is -2.36. The number of hydrogen-bond donors (Lipinski definition) is 1. The van der Waals surface area contributed by atoms with Crippen LogP contribution in [0.25, 0.3) is 0 Å². The molecular formula is C12H26NO5P. The molecule has 7 heteroatoms. The third kappa shape index (κ3) is 7.06. The summed E-state index contributed by atoms with van der Waals surface area (Å²) in [4.78, 5) is 11.8. The summed E-state index contributed by atoms with van der Waals surface area (Å²) in [6.07, 6.45) is 2.10. The average Bonchev–Trinajstić information content (AvgIpc) is 2.42. The summed E-state index contributed by atoms with van der Waals surface area (Å²) in [6, 6.07) is -0.747.